The van der Waals surface area contributed by atoms with Crippen molar-refractivity contribution in [3.63, 3.8) is 0 Å². The predicted molar refractivity (Wildman–Crippen MR) is 102 cm³/mol. The van der Waals surface area contributed by atoms with Crippen LogP contribution in [0.5, 0.6) is 0 Å². The summed E-state index contributed by atoms with van der Waals surface area (Å²) in [6, 6.07) is 0. The Kier molecular flexibility index (Phi) is 5.69. The number of carbonyl (C=O) groups is 2. The van der Waals surface area contributed by atoms with E-state index in [0.717, 1.165) is 5.57 Å². The maximum absolute atomic E-state index is 16.7. The van der Waals surface area contributed by atoms with E-state index in [2.05, 4.69) is 0 Å². The Labute approximate surface area is 165 Å². The molecule has 3 aliphatic rings. The highest BCUT2D eigenvalue weighted by atomic mass is 19.1. The van der Waals surface area contributed by atoms with E-state index in [1.165, 1.54) is 12.2 Å². The second-order valence-electron chi connectivity index (χ2n) is 9.15. The molecule has 0 aromatic heterocycles. The summed E-state index contributed by atoms with van der Waals surface area (Å²) in [5.41, 5.74) is -2.23. The van der Waals surface area contributed by atoms with Crippen molar-refractivity contribution in [2.45, 2.75) is 64.3 Å². The number of Topliss-reactive ketones (excluding diaryl/α,β-unsaturated/α-hetero) is 1. The average Bonchev–Trinajstić information content (AvgIpc) is 2.65. The van der Waals surface area contributed by atoms with Gasteiger partial charge in [0.1, 0.15) is 6.10 Å². The number of ketones is 2. The van der Waals surface area contributed by atoms with Crippen LogP contribution in [-0.2, 0) is 9.59 Å². The first kappa shape index (κ1) is 21.3. The van der Waals surface area contributed by atoms with Gasteiger partial charge < -0.3 is 15.3 Å². The van der Waals surface area contributed by atoms with E-state index >= 15 is 4.39 Å². The summed E-state index contributed by atoms with van der Waals surface area (Å²) in [5, 5.41) is 29.6. The average molecular weight is 394 g/mol. The minimum Gasteiger partial charge on any atom is -0.393 e. The number of alkyl halides is 1. The van der Waals surface area contributed by atoms with Crippen molar-refractivity contribution in [3.05, 3.63) is 23.8 Å². The molecule has 2 fully saturated rings. The van der Waals surface area contributed by atoms with Gasteiger partial charge in [-0.05, 0) is 56.6 Å². The number of halogens is 1. The molecule has 0 saturated heterocycles. The van der Waals surface area contributed by atoms with E-state index in [9.17, 15) is 19.8 Å². The molecule has 0 bridgehead atoms. The van der Waals surface area contributed by atoms with Crippen molar-refractivity contribution in [2.75, 3.05) is 6.61 Å². The van der Waals surface area contributed by atoms with Gasteiger partial charge in [-0.25, -0.2) is 4.39 Å². The third-order valence-electron chi connectivity index (χ3n) is 7.57. The second-order valence-corrected chi connectivity index (χ2v) is 9.15. The molecular formula is C22H31FO5. The normalized spacial score (nSPS) is 42.2. The maximum atomic E-state index is 16.7. The van der Waals surface area contributed by atoms with E-state index in [-0.39, 0.29) is 24.0 Å². The van der Waals surface area contributed by atoms with Crippen LogP contribution in [0.15, 0.2) is 23.8 Å². The number of allylic oxidation sites excluding steroid dienone is 4. The monoisotopic (exact) mass is 394 g/mol. The molecule has 3 N–H and O–H groups in total. The van der Waals surface area contributed by atoms with Crippen LogP contribution in [0.4, 0.5) is 4.39 Å². The highest BCUT2D eigenvalue weighted by Crippen LogP contribution is 2.62. The maximum Gasteiger partial charge on any atom is 0.178 e. The van der Waals surface area contributed by atoms with Gasteiger partial charge in [0.05, 0.1) is 12.7 Å². The summed E-state index contributed by atoms with van der Waals surface area (Å²) >= 11 is 0. The number of hydrogen-bond donors (Lipinski definition) is 3. The van der Waals surface area contributed by atoms with E-state index in [0.29, 0.717) is 19.3 Å². The number of rotatable bonds is 5. The summed E-state index contributed by atoms with van der Waals surface area (Å²) in [4.78, 5) is 24.1. The third-order valence-corrected chi connectivity index (χ3v) is 7.57. The summed E-state index contributed by atoms with van der Waals surface area (Å²) in [5.74, 6) is -1.66. The van der Waals surface area contributed by atoms with Gasteiger partial charge in [0.2, 0.25) is 0 Å². The molecule has 0 spiro atoms. The van der Waals surface area contributed by atoms with Crippen LogP contribution in [0.25, 0.3) is 0 Å². The molecule has 3 rings (SSSR count). The molecule has 28 heavy (non-hydrogen) atoms. The van der Waals surface area contributed by atoms with E-state index in [1.807, 2.05) is 6.92 Å². The van der Waals surface area contributed by atoms with Crippen LogP contribution in [0, 0.1) is 29.1 Å². The quantitative estimate of drug-likeness (QED) is 0.664. The van der Waals surface area contributed by atoms with Crippen LogP contribution in [0.2, 0.25) is 0 Å². The first-order chi connectivity index (χ1) is 13.1. The third kappa shape index (κ3) is 3.10. The predicted octanol–water partition coefficient (Wildman–Crippen LogP) is 2.14. The molecule has 2 saturated carbocycles. The van der Waals surface area contributed by atoms with Gasteiger partial charge in [0, 0.05) is 17.3 Å². The SMILES string of the molecule is CC(CC1C(C)CC(O)C2(F)C1CCC1=CC(=O)C=CC12C)C(=O)C(O)CO. The fourth-order valence-corrected chi connectivity index (χ4v) is 5.89. The van der Waals surface area contributed by atoms with Gasteiger partial charge in [-0.2, -0.15) is 0 Å². The molecule has 0 amide bonds. The fraction of sp³-hybridized carbons (Fsp3) is 0.727. The Morgan fingerprint density at radius 2 is 2.11 bits per heavy atom. The van der Waals surface area contributed by atoms with Gasteiger partial charge in [0.15, 0.2) is 17.2 Å². The van der Waals surface area contributed by atoms with Crippen molar-refractivity contribution in [1.82, 2.24) is 0 Å². The summed E-state index contributed by atoms with van der Waals surface area (Å²) in [7, 11) is 0. The van der Waals surface area contributed by atoms with Gasteiger partial charge >= 0.3 is 0 Å². The number of aliphatic hydroxyl groups excluding tert-OH is 3. The van der Waals surface area contributed by atoms with Crippen LogP contribution < -0.4 is 0 Å². The Morgan fingerprint density at radius 1 is 1.43 bits per heavy atom. The molecule has 8 atom stereocenters. The summed E-state index contributed by atoms with van der Waals surface area (Å²) in [6.07, 6.45) is 3.71. The topological polar surface area (TPSA) is 94.8 Å². The minimum atomic E-state index is -1.91. The summed E-state index contributed by atoms with van der Waals surface area (Å²) < 4.78 is 16.7. The lowest BCUT2D eigenvalue weighted by atomic mass is 9.47. The van der Waals surface area contributed by atoms with Gasteiger partial charge in [-0.3, -0.25) is 9.59 Å². The van der Waals surface area contributed by atoms with Crippen molar-refractivity contribution in [3.8, 4) is 0 Å². The second kappa shape index (κ2) is 7.47. The van der Waals surface area contributed by atoms with E-state index in [1.54, 1.807) is 19.9 Å². The standard InChI is InChI=1S/C22H31FO5/c1-12-9-19(27)22(23)17(16(12)8-13(2)20(28)18(26)11-24)5-4-14-10-15(25)6-7-21(14,22)3/h6-7,10,12-13,16-19,24,26-27H,4-5,8-9,11H2,1-3H3. The zero-order chi connectivity index (χ0) is 20.9. The van der Waals surface area contributed by atoms with Crippen LogP contribution in [0.1, 0.15) is 46.5 Å². The largest absolute Gasteiger partial charge is 0.393 e. The molecule has 0 aliphatic heterocycles. The zero-order valence-corrected chi connectivity index (χ0v) is 16.8. The van der Waals surface area contributed by atoms with Crippen molar-refractivity contribution < 1.29 is 29.3 Å². The Balaban J connectivity index is 1.93. The lowest BCUT2D eigenvalue weighted by Crippen LogP contribution is -2.64. The zero-order valence-electron chi connectivity index (χ0n) is 16.8. The lowest BCUT2D eigenvalue weighted by molar-refractivity contribution is -0.176. The molecule has 8 unspecified atom stereocenters. The van der Waals surface area contributed by atoms with Crippen molar-refractivity contribution >= 4 is 11.6 Å². The molecule has 3 aliphatic carbocycles. The highest BCUT2D eigenvalue weighted by Gasteiger charge is 2.65. The number of hydrogen-bond acceptors (Lipinski definition) is 5. The van der Waals surface area contributed by atoms with Crippen LogP contribution >= 0.6 is 0 Å². The Bertz CT molecular complexity index is 716. The fourth-order valence-electron chi connectivity index (χ4n) is 5.89. The summed E-state index contributed by atoms with van der Waals surface area (Å²) in [6.45, 7) is 4.81. The molecule has 0 aromatic rings. The first-order valence-electron chi connectivity index (χ1n) is 10.2. The molecule has 0 radical (unpaired) electrons. The number of fused-ring (bicyclic) bond motifs is 3. The Hall–Kier alpha value is -1.37. The van der Waals surface area contributed by atoms with Gasteiger partial charge in [-0.15, -0.1) is 0 Å². The highest BCUT2D eigenvalue weighted by molar-refractivity contribution is 6.01. The molecular weight excluding hydrogens is 363 g/mol. The molecule has 6 heteroatoms. The molecule has 0 aromatic carbocycles. The molecule has 0 heterocycles. The van der Waals surface area contributed by atoms with Gasteiger partial charge in [0.25, 0.3) is 0 Å². The van der Waals surface area contributed by atoms with E-state index < -0.39 is 47.5 Å². The lowest BCUT2D eigenvalue weighted by Gasteiger charge is -2.60. The van der Waals surface area contributed by atoms with E-state index in [4.69, 9.17) is 5.11 Å². The Morgan fingerprint density at radius 3 is 2.75 bits per heavy atom. The van der Waals surface area contributed by atoms with Crippen molar-refractivity contribution in [2.24, 2.45) is 29.1 Å². The van der Waals surface area contributed by atoms with Gasteiger partial charge in [-0.1, -0.05) is 25.5 Å². The minimum absolute atomic E-state index is 0.0220. The smallest absolute Gasteiger partial charge is 0.178 e. The number of aliphatic hydroxyl groups is 3. The molecule has 156 valence electrons. The van der Waals surface area contributed by atoms with Crippen LogP contribution in [-0.4, -0.2) is 51.4 Å². The van der Waals surface area contributed by atoms with Crippen LogP contribution in [0.3, 0.4) is 0 Å². The molecule has 5 nitrogen and oxygen atoms in total. The number of carbonyl (C=O) groups excluding carboxylic acids is 2. The first-order valence-corrected chi connectivity index (χ1v) is 10.2. The van der Waals surface area contributed by atoms with Crippen molar-refractivity contribution in [1.29, 1.82) is 0 Å².